The molecule has 0 spiro atoms. The summed E-state index contributed by atoms with van der Waals surface area (Å²) in [7, 11) is 0. The van der Waals surface area contributed by atoms with Gasteiger partial charge in [-0.05, 0) is 54.0 Å². The molecule has 12 atom stereocenters. The topological polar surface area (TPSA) is 65.2 Å². The smallest absolute Gasteiger partial charge is 0.150 e. The normalized spacial score (nSPS) is 36.1. The Hall–Kier alpha value is -4.13. The summed E-state index contributed by atoms with van der Waals surface area (Å²) in [6.07, 6.45) is 15.3. The van der Waals surface area contributed by atoms with E-state index in [-0.39, 0.29) is 36.1 Å². The fourth-order valence-corrected chi connectivity index (χ4v) is 10.4. The molecule has 0 amide bonds. The van der Waals surface area contributed by atoms with Crippen molar-refractivity contribution in [3.63, 3.8) is 0 Å². The van der Waals surface area contributed by atoms with Crippen molar-refractivity contribution in [1.82, 2.24) is 21.3 Å². The highest BCUT2D eigenvalue weighted by Crippen LogP contribution is 2.43. The van der Waals surface area contributed by atoms with Crippen LogP contribution in [0.2, 0.25) is 0 Å². The quantitative estimate of drug-likeness (QED) is 0.138. The van der Waals surface area contributed by atoms with Gasteiger partial charge < -0.3 is 21.3 Å². The molecule has 0 radical (unpaired) electrons. The van der Waals surface area contributed by atoms with Gasteiger partial charge in [0.05, 0.1) is 0 Å². The van der Waals surface area contributed by atoms with E-state index in [1.165, 1.54) is 22.3 Å². The van der Waals surface area contributed by atoms with Gasteiger partial charge in [-0.2, -0.15) is 0 Å². The Kier molecular flexibility index (Phi) is 8.84. The molecular formula is C45H48N4O. The Morgan fingerprint density at radius 1 is 0.400 bits per heavy atom. The largest absolute Gasteiger partial charge is 0.310 e. The van der Waals surface area contributed by atoms with Crippen LogP contribution in [0.4, 0.5) is 0 Å². The maximum atomic E-state index is 12.0. The lowest BCUT2D eigenvalue weighted by molar-refractivity contribution is 0.112. The number of nitrogens with one attached hydrogen (secondary N) is 4. The van der Waals surface area contributed by atoms with Gasteiger partial charge >= 0.3 is 0 Å². The van der Waals surface area contributed by atoms with Crippen LogP contribution in [0.3, 0.4) is 0 Å². The van der Waals surface area contributed by atoms with Crippen molar-refractivity contribution in [2.24, 2.45) is 0 Å². The minimum atomic E-state index is 0.149. The second-order valence-corrected chi connectivity index (χ2v) is 15.2. The summed E-state index contributed by atoms with van der Waals surface area (Å²) in [6.45, 7) is 0. The standard InChI is InChI=1S/C45H48N4O/c50-28-29-11-10-18-33(27-29)45-40-25-23-38(48-40)43(31-14-6-2-7-15-31)36-21-19-34(46-36)42(30-12-4-1-5-13-30)35-20-22-37(47-35)44(32-16-8-3-9-17-32)39-24-26-41(45)49-39/h1-19,21,24,26-28,34-49H,20,22-23,25H2. The van der Waals surface area contributed by atoms with Crippen LogP contribution in [-0.2, 0) is 0 Å². The first-order valence-corrected chi connectivity index (χ1v) is 18.8. The summed E-state index contributed by atoms with van der Waals surface area (Å²) >= 11 is 0. The number of carbonyl (C=O) groups is 1. The van der Waals surface area contributed by atoms with E-state index in [9.17, 15) is 4.79 Å². The van der Waals surface area contributed by atoms with Crippen molar-refractivity contribution in [1.29, 1.82) is 0 Å². The third kappa shape index (κ3) is 6.01. The van der Waals surface area contributed by atoms with Gasteiger partial charge in [-0.3, -0.25) is 4.79 Å². The van der Waals surface area contributed by atoms with Crippen molar-refractivity contribution < 1.29 is 4.79 Å². The monoisotopic (exact) mass is 660 g/mol. The molecule has 0 saturated carbocycles. The number of rotatable bonds is 5. The molecule has 0 aliphatic carbocycles. The molecule has 12 unspecified atom stereocenters. The van der Waals surface area contributed by atoms with Crippen molar-refractivity contribution >= 4 is 6.29 Å². The van der Waals surface area contributed by atoms with E-state index in [2.05, 4.69) is 155 Å². The zero-order chi connectivity index (χ0) is 33.4. The average Bonchev–Trinajstić information content (AvgIpc) is 4.01. The molecule has 3 saturated heterocycles. The van der Waals surface area contributed by atoms with E-state index < -0.39 is 0 Å². The van der Waals surface area contributed by atoms with Crippen LogP contribution in [0.5, 0.6) is 0 Å². The molecule has 5 heteroatoms. The van der Waals surface area contributed by atoms with Crippen LogP contribution in [0.1, 0.15) is 82.0 Å². The first-order chi connectivity index (χ1) is 24.7. The molecule has 5 aliphatic heterocycles. The molecule has 254 valence electrons. The lowest BCUT2D eigenvalue weighted by Crippen LogP contribution is -2.52. The second kappa shape index (κ2) is 13.9. The van der Waals surface area contributed by atoms with Crippen LogP contribution in [0.15, 0.2) is 140 Å². The fraction of sp³-hybridized carbons (Fsp3) is 0.356. The van der Waals surface area contributed by atoms with Gasteiger partial charge in [-0.15, -0.1) is 0 Å². The minimum Gasteiger partial charge on any atom is -0.310 e. The highest BCUT2D eigenvalue weighted by molar-refractivity contribution is 5.75. The molecule has 9 rings (SSSR count). The number of carbonyl (C=O) groups excluding carboxylic acids is 1. The molecule has 5 aliphatic rings. The van der Waals surface area contributed by atoms with E-state index in [0.717, 1.165) is 37.5 Å². The van der Waals surface area contributed by atoms with Gasteiger partial charge in [-0.1, -0.05) is 133 Å². The fourth-order valence-electron chi connectivity index (χ4n) is 10.4. The average molecular weight is 661 g/mol. The zero-order valence-electron chi connectivity index (χ0n) is 28.5. The summed E-state index contributed by atoms with van der Waals surface area (Å²) in [6, 6.07) is 43.9. The predicted molar refractivity (Wildman–Crippen MR) is 202 cm³/mol. The van der Waals surface area contributed by atoms with Crippen LogP contribution < -0.4 is 21.3 Å². The molecule has 4 aromatic rings. The Balaban J connectivity index is 1.15. The SMILES string of the molecule is O=Cc1cccc(C2C3C=CC(N3)C(c3ccccc3)C3CCC(N3)C(c3ccccc3)C3C=CC(N3)C(c3ccccc3)C3CCC2N3)c1. The van der Waals surface area contributed by atoms with Crippen molar-refractivity contribution in [3.05, 3.63) is 167 Å². The third-order valence-corrected chi connectivity index (χ3v) is 12.5. The zero-order valence-corrected chi connectivity index (χ0v) is 28.5. The van der Waals surface area contributed by atoms with Crippen LogP contribution >= 0.6 is 0 Å². The first kappa shape index (κ1) is 31.8. The molecule has 4 N–H and O–H groups in total. The highest BCUT2D eigenvalue weighted by atomic mass is 16.1. The number of fused-ring (bicyclic) bond motifs is 8. The maximum Gasteiger partial charge on any atom is 0.150 e. The van der Waals surface area contributed by atoms with Gasteiger partial charge in [0.25, 0.3) is 0 Å². The highest BCUT2D eigenvalue weighted by Gasteiger charge is 2.47. The van der Waals surface area contributed by atoms with Gasteiger partial charge in [-0.25, -0.2) is 0 Å². The van der Waals surface area contributed by atoms with Crippen LogP contribution in [0.25, 0.3) is 0 Å². The summed E-state index contributed by atoms with van der Waals surface area (Å²) in [5.41, 5.74) is 6.14. The first-order valence-electron chi connectivity index (χ1n) is 18.8. The van der Waals surface area contributed by atoms with Gasteiger partial charge in [0.2, 0.25) is 0 Å². The Bertz CT molecular complexity index is 1790. The van der Waals surface area contributed by atoms with E-state index in [1.54, 1.807) is 0 Å². The molecule has 50 heavy (non-hydrogen) atoms. The third-order valence-electron chi connectivity index (χ3n) is 12.5. The van der Waals surface area contributed by atoms with Crippen molar-refractivity contribution in [3.8, 4) is 0 Å². The number of aldehydes is 1. The number of benzene rings is 4. The van der Waals surface area contributed by atoms with Gasteiger partial charge in [0.15, 0.2) is 0 Å². The molecular weight excluding hydrogens is 613 g/mol. The van der Waals surface area contributed by atoms with Crippen molar-refractivity contribution in [2.45, 2.75) is 97.7 Å². The van der Waals surface area contributed by atoms with E-state index in [1.807, 2.05) is 6.07 Å². The summed E-state index contributed by atoms with van der Waals surface area (Å²) in [5.74, 6) is 1.09. The van der Waals surface area contributed by atoms with E-state index in [0.29, 0.717) is 35.9 Å². The molecule has 5 heterocycles. The Morgan fingerprint density at radius 2 is 0.740 bits per heavy atom. The van der Waals surface area contributed by atoms with Gasteiger partial charge in [0.1, 0.15) is 6.29 Å². The summed E-state index contributed by atoms with van der Waals surface area (Å²) < 4.78 is 0. The number of hydrogen-bond donors (Lipinski definition) is 4. The minimum absolute atomic E-state index is 0.149. The molecule has 3 fully saturated rings. The summed E-state index contributed by atoms with van der Waals surface area (Å²) in [5, 5.41) is 16.9. The van der Waals surface area contributed by atoms with E-state index >= 15 is 0 Å². The lowest BCUT2D eigenvalue weighted by Gasteiger charge is -2.38. The van der Waals surface area contributed by atoms with Crippen LogP contribution in [0, 0.1) is 0 Å². The van der Waals surface area contributed by atoms with Crippen molar-refractivity contribution in [2.75, 3.05) is 0 Å². The maximum absolute atomic E-state index is 12.0. The Labute approximate surface area is 296 Å². The Morgan fingerprint density at radius 3 is 1.10 bits per heavy atom. The predicted octanol–water partition coefficient (Wildman–Crippen LogP) is 6.98. The molecule has 5 nitrogen and oxygen atoms in total. The van der Waals surface area contributed by atoms with Crippen LogP contribution in [-0.4, -0.2) is 54.6 Å². The van der Waals surface area contributed by atoms with E-state index in [4.69, 9.17) is 0 Å². The number of hydrogen-bond acceptors (Lipinski definition) is 5. The van der Waals surface area contributed by atoms with Gasteiger partial charge in [0, 0.05) is 77.6 Å². The lowest BCUT2D eigenvalue weighted by atomic mass is 9.83. The summed E-state index contributed by atoms with van der Waals surface area (Å²) in [4.78, 5) is 12.0. The second-order valence-electron chi connectivity index (χ2n) is 15.2. The molecule has 8 bridgehead atoms. The molecule has 4 aromatic carbocycles. The molecule has 0 aromatic heterocycles.